The van der Waals surface area contributed by atoms with E-state index in [-0.39, 0.29) is 36.3 Å². The Kier molecular flexibility index (Phi) is 5.03. The zero-order chi connectivity index (χ0) is 17.9. The number of methoxy groups -OCH3 is 1. The number of hydrogen-bond donors (Lipinski definition) is 1. The maximum absolute atomic E-state index is 11.9. The number of sulfone groups is 1. The van der Waals surface area contributed by atoms with Gasteiger partial charge in [-0.25, -0.2) is 8.42 Å². The van der Waals surface area contributed by atoms with E-state index in [0.29, 0.717) is 29.4 Å². The van der Waals surface area contributed by atoms with Crippen LogP contribution in [-0.4, -0.2) is 49.1 Å². The summed E-state index contributed by atoms with van der Waals surface area (Å²) in [5, 5.41) is 6.65. The smallest absolute Gasteiger partial charge is 0.227 e. The van der Waals surface area contributed by atoms with E-state index in [9.17, 15) is 13.2 Å². The van der Waals surface area contributed by atoms with Gasteiger partial charge in [-0.05, 0) is 18.6 Å². The van der Waals surface area contributed by atoms with Gasteiger partial charge in [0.1, 0.15) is 5.75 Å². The molecule has 1 aromatic carbocycles. The maximum atomic E-state index is 11.9. The lowest BCUT2D eigenvalue weighted by atomic mass is 10.2. The molecule has 1 aliphatic rings. The Morgan fingerprint density at radius 3 is 2.92 bits per heavy atom. The highest BCUT2D eigenvalue weighted by Crippen LogP contribution is 2.27. The summed E-state index contributed by atoms with van der Waals surface area (Å²) < 4.78 is 33.2. The summed E-state index contributed by atoms with van der Waals surface area (Å²) in [5.41, 5.74) is 0.709. The molecule has 8 nitrogen and oxygen atoms in total. The van der Waals surface area contributed by atoms with Gasteiger partial charge >= 0.3 is 0 Å². The van der Waals surface area contributed by atoms with Gasteiger partial charge in [0.05, 0.1) is 24.2 Å². The predicted molar refractivity (Wildman–Crippen MR) is 89.8 cm³/mol. The van der Waals surface area contributed by atoms with Crippen molar-refractivity contribution in [3.05, 3.63) is 30.2 Å². The number of nitrogens with one attached hydrogen (secondary N) is 1. The fraction of sp³-hybridized carbons (Fsp3) is 0.438. The van der Waals surface area contributed by atoms with Gasteiger partial charge in [-0.3, -0.25) is 4.79 Å². The van der Waals surface area contributed by atoms with Crippen molar-refractivity contribution in [3.63, 3.8) is 0 Å². The number of ether oxygens (including phenoxy) is 1. The van der Waals surface area contributed by atoms with E-state index in [4.69, 9.17) is 9.26 Å². The first-order chi connectivity index (χ1) is 12.0. The van der Waals surface area contributed by atoms with E-state index in [2.05, 4.69) is 15.5 Å². The fourth-order valence-electron chi connectivity index (χ4n) is 2.72. The molecule has 0 spiro atoms. The molecule has 0 radical (unpaired) electrons. The molecular weight excluding hydrogens is 346 g/mol. The molecule has 3 rings (SSSR count). The monoisotopic (exact) mass is 365 g/mol. The third-order valence-corrected chi connectivity index (χ3v) is 5.75. The third-order valence-electron chi connectivity index (χ3n) is 3.98. The number of aryl methyl sites for hydroxylation is 1. The molecule has 1 unspecified atom stereocenters. The lowest BCUT2D eigenvalue weighted by Crippen LogP contribution is -2.35. The first-order valence-corrected chi connectivity index (χ1v) is 9.75. The lowest BCUT2D eigenvalue weighted by Gasteiger charge is -2.09. The number of benzene rings is 1. The Balaban J connectivity index is 1.56. The second-order valence-electron chi connectivity index (χ2n) is 5.88. The molecule has 0 bridgehead atoms. The minimum atomic E-state index is -3.01. The molecule has 1 atom stereocenters. The molecule has 2 aromatic rings. The summed E-state index contributed by atoms with van der Waals surface area (Å²) in [4.78, 5) is 16.2. The quantitative estimate of drug-likeness (QED) is 0.812. The molecule has 0 aliphatic carbocycles. The third kappa shape index (κ3) is 4.36. The van der Waals surface area contributed by atoms with Crippen LogP contribution in [0.2, 0.25) is 0 Å². The Morgan fingerprint density at radius 1 is 1.40 bits per heavy atom. The highest BCUT2D eigenvalue weighted by Gasteiger charge is 2.28. The SMILES string of the molecule is COc1ccccc1-c1noc(CCC(=O)NC2CCS(=O)(=O)C2)n1. The van der Waals surface area contributed by atoms with Crippen LogP contribution >= 0.6 is 0 Å². The molecule has 1 aliphatic heterocycles. The normalized spacial score (nSPS) is 18.8. The molecule has 25 heavy (non-hydrogen) atoms. The largest absolute Gasteiger partial charge is 0.496 e. The number of carbonyl (C=O) groups excluding carboxylic acids is 1. The summed E-state index contributed by atoms with van der Waals surface area (Å²) in [7, 11) is -1.45. The van der Waals surface area contributed by atoms with Crippen LogP contribution in [0.4, 0.5) is 0 Å². The van der Waals surface area contributed by atoms with E-state index >= 15 is 0 Å². The van der Waals surface area contributed by atoms with Crippen LogP contribution < -0.4 is 10.1 Å². The van der Waals surface area contributed by atoms with Crippen LogP contribution in [0.5, 0.6) is 5.75 Å². The van der Waals surface area contributed by atoms with Crippen LogP contribution in [0.15, 0.2) is 28.8 Å². The Labute approximate surface area is 145 Å². The molecule has 1 aromatic heterocycles. The molecule has 1 amide bonds. The Hall–Kier alpha value is -2.42. The molecular formula is C16H19N3O5S. The van der Waals surface area contributed by atoms with Crippen molar-refractivity contribution in [1.29, 1.82) is 0 Å². The zero-order valence-electron chi connectivity index (χ0n) is 13.8. The average molecular weight is 365 g/mol. The van der Waals surface area contributed by atoms with Crippen LogP contribution in [0.3, 0.4) is 0 Å². The molecule has 2 heterocycles. The minimum absolute atomic E-state index is 0.0112. The molecule has 1 fully saturated rings. The number of aromatic nitrogens is 2. The first-order valence-electron chi connectivity index (χ1n) is 7.92. The summed E-state index contributed by atoms with van der Waals surface area (Å²) in [5.74, 6) is 1.29. The maximum Gasteiger partial charge on any atom is 0.227 e. The van der Waals surface area contributed by atoms with Crippen molar-refractivity contribution in [1.82, 2.24) is 15.5 Å². The fourth-order valence-corrected chi connectivity index (χ4v) is 4.40. The van der Waals surface area contributed by atoms with Crippen molar-refractivity contribution in [2.75, 3.05) is 18.6 Å². The van der Waals surface area contributed by atoms with Crippen molar-refractivity contribution in [2.24, 2.45) is 0 Å². The zero-order valence-corrected chi connectivity index (χ0v) is 14.6. The van der Waals surface area contributed by atoms with Gasteiger partial charge in [0.25, 0.3) is 0 Å². The second kappa shape index (κ2) is 7.22. The highest BCUT2D eigenvalue weighted by molar-refractivity contribution is 7.91. The molecule has 1 N–H and O–H groups in total. The molecule has 9 heteroatoms. The van der Waals surface area contributed by atoms with Gasteiger partial charge in [0.15, 0.2) is 9.84 Å². The van der Waals surface area contributed by atoms with E-state index < -0.39 is 9.84 Å². The topological polar surface area (TPSA) is 111 Å². The van der Waals surface area contributed by atoms with Gasteiger partial charge in [-0.15, -0.1) is 0 Å². The van der Waals surface area contributed by atoms with E-state index in [0.717, 1.165) is 0 Å². The molecule has 134 valence electrons. The number of amides is 1. The summed E-state index contributed by atoms with van der Waals surface area (Å²) in [6, 6.07) is 7.01. The van der Waals surface area contributed by atoms with E-state index in [1.54, 1.807) is 13.2 Å². The summed E-state index contributed by atoms with van der Waals surface area (Å²) in [6.45, 7) is 0. The van der Waals surface area contributed by atoms with Crippen molar-refractivity contribution >= 4 is 15.7 Å². The number of hydrogen-bond acceptors (Lipinski definition) is 7. The molecule has 0 saturated carbocycles. The van der Waals surface area contributed by atoms with Crippen molar-refractivity contribution < 1.29 is 22.5 Å². The standard InChI is InChI=1S/C16H19N3O5S/c1-23-13-5-3-2-4-12(13)16-18-15(24-19-16)7-6-14(20)17-11-8-9-25(21,22)10-11/h2-5,11H,6-10H2,1H3,(H,17,20). The minimum Gasteiger partial charge on any atom is -0.496 e. The van der Waals surface area contributed by atoms with Crippen molar-refractivity contribution in [3.8, 4) is 17.1 Å². The van der Waals surface area contributed by atoms with Crippen molar-refractivity contribution in [2.45, 2.75) is 25.3 Å². The average Bonchev–Trinajstić information content (AvgIpc) is 3.19. The van der Waals surface area contributed by atoms with Crippen LogP contribution in [-0.2, 0) is 21.1 Å². The van der Waals surface area contributed by atoms with Gasteiger partial charge in [0.2, 0.25) is 17.6 Å². The van der Waals surface area contributed by atoms with Crippen LogP contribution in [0.25, 0.3) is 11.4 Å². The number of rotatable bonds is 6. The number of carbonyl (C=O) groups is 1. The van der Waals surface area contributed by atoms with Gasteiger partial charge in [0, 0.05) is 18.9 Å². The van der Waals surface area contributed by atoms with Crippen LogP contribution in [0, 0.1) is 0 Å². The Morgan fingerprint density at radius 2 is 2.20 bits per heavy atom. The number of nitrogens with zero attached hydrogens (tertiary/aromatic N) is 2. The number of para-hydroxylation sites is 1. The molecule has 1 saturated heterocycles. The first kappa shape index (κ1) is 17.4. The summed E-state index contributed by atoms with van der Waals surface area (Å²) >= 11 is 0. The van der Waals surface area contributed by atoms with Crippen LogP contribution in [0.1, 0.15) is 18.7 Å². The van der Waals surface area contributed by atoms with Gasteiger partial charge in [-0.1, -0.05) is 17.3 Å². The predicted octanol–water partition coefficient (Wildman–Crippen LogP) is 0.981. The Bertz CT molecular complexity index is 862. The lowest BCUT2D eigenvalue weighted by molar-refractivity contribution is -0.121. The van der Waals surface area contributed by atoms with Gasteiger partial charge in [-0.2, -0.15) is 4.98 Å². The van der Waals surface area contributed by atoms with E-state index in [1.165, 1.54) is 0 Å². The van der Waals surface area contributed by atoms with E-state index in [1.807, 2.05) is 18.2 Å². The highest BCUT2D eigenvalue weighted by atomic mass is 32.2. The van der Waals surface area contributed by atoms with Gasteiger partial charge < -0.3 is 14.6 Å². The summed E-state index contributed by atoms with van der Waals surface area (Å²) in [6.07, 6.45) is 0.907. The second-order valence-corrected chi connectivity index (χ2v) is 8.11.